The van der Waals surface area contributed by atoms with Gasteiger partial charge < -0.3 is 10.1 Å². The number of hydrogen-bond donors (Lipinski definition) is 1. The van der Waals surface area contributed by atoms with Crippen LogP contribution in [0.1, 0.15) is 37.8 Å². The molecule has 0 aromatic heterocycles. The molecule has 88 valence electrons. The molecule has 0 saturated heterocycles. The summed E-state index contributed by atoms with van der Waals surface area (Å²) in [6, 6.07) is 7.11. The molecule has 0 heterocycles. The van der Waals surface area contributed by atoms with Crippen molar-refractivity contribution in [3.63, 3.8) is 0 Å². The third-order valence-electron chi connectivity index (χ3n) is 2.81. The predicted octanol–water partition coefficient (Wildman–Crippen LogP) is 3.03. The smallest absolute Gasteiger partial charge is 0.127 e. The third kappa shape index (κ3) is 2.99. The summed E-state index contributed by atoms with van der Waals surface area (Å²) in [5.41, 5.74) is 2.50. The molecule has 1 N–H and O–H groups in total. The molecule has 0 radical (unpaired) electrons. The van der Waals surface area contributed by atoms with E-state index in [2.05, 4.69) is 44.3 Å². The number of ether oxygens (including phenoxy) is 1. The van der Waals surface area contributed by atoms with Crippen LogP contribution in [0.2, 0.25) is 0 Å². The summed E-state index contributed by atoms with van der Waals surface area (Å²) in [5.74, 6) is 1.06. The van der Waals surface area contributed by atoms with E-state index in [1.165, 1.54) is 24.0 Å². The van der Waals surface area contributed by atoms with Gasteiger partial charge in [0.25, 0.3) is 0 Å². The maximum atomic E-state index is 5.89. The van der Waals surface area contributed by atoms with Crippen molar-refractivity contribution in [2.75, 3.05) is 0 Å². The zero-order chi connectivity index (χ0) is 11.5. The Balaban J connectivity index is 2.10. The Morgan fingerprint density at radius 2 is 2.12 bits per heavy atom. The normalized spacial score (nSPS) is 15.5. The fourth-order valence-corrected chi connectivity index (χ4v) is 1.80. The molecule has 2 nitrogen and oxygen atoms in total. The van der Waals surface area contributed by atoms with Gasteiger partial charge in [0.15, 0.2) is 0 Å². The summed E-state index contributed by atoms with van der Waals surface area (Å²) in [4.78, 5) is 0. The number of aryl methyl sites for hydroxylation is 1. The van der Waals surface area contributed by atoms with Gasteiger partial charge in [-0.15, -0.1) is 0 Å². The number of hydrogen-bond acceptors (Lipinski definition) is 2. The topological polar surface area (TPSA) is 21.3 Å². The van der Waals surface area contributed by atoms with E-state index in [4.69, 9.17) is 4.74 Å². The van der Waals surface area contributed by atoms with E-state index < -0.39 is 0 Å². The van der Waals surface area contributed by atoms with Crippen molar-refractivity contribution in [2.24, 2.45) is 0 Å². The minimum absolute atomic E-state index is 0.237. The third-order valence-corrected chi connectivity index (χ3v) is 2.81. The Hall–Kier alpha value is -1.02. The lowest BCUT2D eigenvalue weighted by molar-refractivity contribution is 0.238. The van der Waals surface area contributed by atoms with Crippen LogP contribution in [0.5, 0.6) is 5.75 Å². The summed E-state index contributed by atoms with van der Waals surface area (Å²) in [5, 5.41) is 3.53. The number of benzene rings is 1. The molecule has 0 unspecified atom stereocenters. The predicted molar refractivity (Wildman–Crippen MR) is 66.8 cm³/mol. The highest BCUT2D eigenvalue weighted by molar-refractivity contribution is 5.40. The first kappa shape index (κ1) is 11.5. The lowest BCUT2D eigenvalue weighted by atomic mass is 10.1. The van der Waals surface area contributed by atoms with E-state index in [0.29, 0.717) is 0 Å². The summed E-state index contributed by atoms with van der Waals surface area (Å²) < 4.78 is 5.89. The average molecular weight is 219 g/mol. The average Bonchev–Trinajstić information content (AvgIpc) is 3.02. The van der Waals surface area contributed by atoms with Crippen molar-refractivity contribution >= 4 is 0 Å². The van der Waals surface area contributed by atoms with Crippen LogP contribution in [-0.2, 0) is 6.54 Å². The zero-order valence-electron chi connectivity index (χ0n) is 10.4. The molecular formula is C14H21NO. The highest BCUT2D eigenvalue weighted by atomic mass is 16.5. The second-order valence-electron chi connectivity index (χ2n) is 4.88. The zero-order valence-corrected chi connectivity index (χ0v) is 10.4. The standard InChI is InChI=1S/C14H21NO/c1-10(2)16-14-11(3)5-4-6-12(14)9-15-13-7-8-13/h4-6,10,13,15H,7-9H2,1-3H3. The number of nitrogens with one attached hydrogen (secondary N) is 1. The van der Waals surface area contributed by atoms with Crippen LogP contribution in [0.25, 0.3) is 0 Å². The maximum absolute atomic E-state index is 5.89. The van der Waals surface area contributed by atoms with E-state index in [-0.39, 0.29) is 6.10 Å². The van der Waals surface area contributed by atoms with Crippen LogP contribution in [0.15, 0.2) is 18.2 Å². The summed E-state index contributed by atoms with van der Waals surface area (Å²) in [6.07, 6.45) is 2.89. The molecular weight excluding hydrogens is 198 g/mol. The van der Waals surface area contributed by atoms with Crippen molar-refractivity contribution in [1.82, 2.24) is 5.32 Å². The highest BCUT2D eigenvalue weighted by Crippen LogP contribution is 2.26. The second-order valence-corrected chi connectivity index (χ2v) is 4.88. The summed E-state index contributed by atoms with van der Waals surface area (Å²) in [7, 11) is 0. The van der Waals surface area contributed by atoms with E-state index in [9.17, 15) is 0 Å². The van der Waals surface area contributed by atoms with E-state index >= 15 is 0 Å². The van der Waals surface area contributed by atoms with Crippen LogP contribution < -0.4 is 10.1 Å². The first-order valence-electron chi connectivity index (χ1n) is 6.15. The van der Waals surface area contributed by atoms with Gasteiger partial charge in [0.1, 0.15) is 5.75 Å². The fourth-order valence-electron chi connectivity index (χ4n) is 1.80. The van der Waals surface area contributed by atoms with Crippen molar-refractivity contribution in [3.8, 4) is 5.75 Å². The fraction of sp³-hybridized carbons (Fsp3) is 0.571. The molecule has 2 heteroatoms. The van der Waals surface area contributed by atoms with Gasteiger partial charge >= 0.3 is 0 Å². The SMILES string of the molecule is Cc1cccc(CNC2CC2)c1OC(C)C. The molecule has 0 spiro atoms. The Kier molecular flexibility index (Phi) is 3.49. The van der Waals surface area contributed by atoms with Crippen molar-refractivity contribution in [2.45, 2.75) is 52.3 Å². The first-order chi connectivity index (χ1) is 7.66. The van der Waals surface area contributed by atoms with E-state index in [1.54, 1.807) is 0 Å². The molecule has 0 amide bonds. The van der Waals surface area contributed by atoms with Gasteiger partial charge in [-0.05, 0) is 39.2 Å². The molecule has 2 rings (SSSR count). The number of rotatable bonds is 5. The van der Waals surface area contributed by atoms with Gasteiger partial charge in [0.2, 0.25) is 0 Å². The number of para-hydroxylation sites is 1. The minimum atomic E-state index is 0.237. The second kappa shape index (κ2) is 4.88. The van der Waals surface area contributed by atoms with Gasteiger partial charge in [-0.1, -0.05) is 18.2 Å². The van der Waals surface area contributed by atoms with Crippen LogP contribution in [0.4, 0.5) is 0 Å². The summed E-state index contributed by atoms with van der Waals surface area (Å²) >= 11 is 0. The van der Waals surface area contributed by atoms with E-state index in [1.807, 2.05) is 0 Å². The molecule has 0 bridgehead atoms. The Morgan fingerprint density at radius 1 is 1.38 bits per heavy atom. The Bertz CT molecular complexity index is 356. The maximum Gasteiger partial charge on any atom is 0.127 e. The first-order valence-corrected chi connectivity index (χ1v) is 6.15. The Labute approximate surface area is 98.0 Å². The molecule has 1 aromatic rings. The molecule has 1 saturated carbocycles. The van der Waals surface area contributed by atoms with Gasteiger partial charge in [0.05, 0.1) is 6.10 Å². The van der Waals surface area contributed by atoms with Crippen LogP contribution in [0.3, 0.4) is 0 Å². The van der Waals surface area contributed by atoms with Crippen molar-refractivity contribution < 1.29 is 4.74 Å². The molecule has 1 aromatic carbocycles. The lowest BCUT2D eigenvalue weighted by Gasteiger charge is -2.17. The molecule has 0 atom stereocenters. The van der Waals surface area contributed by atoms with E-state index in [0.717, 1.165) is 18.3 Å². The van der Waals surface area contributed by atoms with Crippen LogP contribution >= 0.6 is 0 Å². The molecule has 16 heavy (non-hydrogen) atoms. The quantitative estimate of drug-likeness (QED) is 0.822. The van der Waals surface area contributed by atoms with Gasteiger partial charge in [-0.3, -0.25) is 0 Å². The van der Waals surface area contributed by atoms with Crippen molar-refractivity contribution in [3.05, 3.63) is 29.3 Å². The summed E-state index contributed by atoms with van der Waals surface area (Å²) in [6.45, 7) is 7.18. The van der Waals surface area contributed by atoms with Gasteiger partial charge in [0, 0.05) is 18.2 Å². The van der Waals surface area contributed by atoms with Gasteiger partial charge in [-0.25, -0.2) is 0 Å². The van der Waals surface area contributed by atoms with Crippen LogP contribution in [-0.4, -0.2) is 12.1 Å². The monoisotopic (exact) mass is 219 g/mol. The largest absolute Gasteiger partial charge is 0.490 e. The Morgan fingerprint density at radius 3 is 2.75 bits per heavy atom. The minimum Gasteiger partial charge on any atom is -0.490 e. The highest BCUT2D eigenvalue weighted by Gasteiger charge is 2.20. The molecule has 1 aliphatic carbocycles. The van der Waals surface area contributed by atoms with Gasteiger partial charge in [-0.2, -0.15) is 0 Å². The van der Waals surface area contributed by atoms with Crippen LogP contribution in [0, 0.1) is 6.92 Å². The lowest BCUT2D eigenvalue weighted by Crippen LogP contribution is -2.17. The molecule has 1 aliphatic rings. The van der Waals surface area contributed by atoms with Crippen molar-refractivity contribution in [1.29, 1.82) is 0 Å². The molecule has 1 fully saturated rings. The molecule has 0 aliphatic heterocycles.